The zero-order valence-corrected chi connectivity index (χ0v) is 8.36. The second-order valence-electron chi connectivity index (χ2n) is 3.81. The van der Waals surface area contributed by atoms with Gasteiger partial charge in [-0.2, -0.15) is 0 Å². The molecule has 2 saturated heterocycles. The van der Waals surface area contributed by atoms with E-state index in [4.69, 9.17) is 4.74 Å². The summed E-state index contributed by atoms with van der Waals surface area (Å²) in [5.41, 5.74) is 0. The summed E-state index contributed by atoms with van der Waals surface area (Å²) in [6.07, 6.45) is -0.0129. The van der Waals surface area contributed by atoms with E-state index in [1.807, 2.05) is 0 Å². The van der Waals surface area contributed by atoms with Gasteiger partial charge in [-0.1, -0.05) is 0 Å². The number of nitrogens with one attached hydrogen (secondary N) is 1. The summed E-state index contributed by atoms with van der Waals surface area (Å²) < 4.78 is 4.92. The number of piperidine rings is 1. The molecule has 6 heteroatoms. The summed E-state index contributed by atoms with van der Waals surface area (Å²) in [4.78, 5) is 35.1. The molecule has 2 rings (SSSR count). The van der Waals surface area contributed by atoms with Crippen LogP contribution in [0.25, 0.3) is 0 Å². The van der Waals surface area contributed by atoms with Crippen molar-refractivity contribution in [3.05, 3.63) is 0 Å². The Morgan fingerprint density at radius 1 is 1.40 bits per heavy atom. The Morgan fingerprint density at radius 3 is 2.67 bits per heavy atom. The first-order valence-corrected chi connectivity index (χ1v) is 4.89. The van der Waals surface area contributed by atoms with E-state index in [1.54, 1.807) is 6.92 Å². The number of hydrogen-bond donors (Lipinski definition) is 1. The zero-order chi connectivity index (χ0) is 11.0. The van der Waals surface area contributed by atoms with Gasteiger partial charge in [-0.05, 0) is 13.3 Å². The van der Waals surface area contributed by atoms with Gasteiger partial charge in [0, 0.05) is 6.42 Å². The number of carbonyl (C=O) groups excluding carboxylic acids is 3. The van der Waals surface area contributed by atoms with E-state index in [0.717, 1.165) is 0 Å². The lowest BCUT2D eigenvalue weighted by Crippen LogP contribution is -2.52. The van der Waals surface area contributed by atoms with Crippen molar-refractivity contribution in [2.45, 2.75) is 31.9 Å². The molecule has 1 N–H and O–H groups in total. The number of nitrogens with zero attached hydrogens (tertiary/aromatic N) is 1. The fourth-order valence-corrected chi connectivity index (χ4v) is 1.86. The van der Waals surface area contributed by atoms with E-state index in [-0.39, 0.29) is 18.4 Å². The molecule has 0 aromatic heterocycles. The fourth-order valence-electron chi connectivity index (χ4n) is 1.86. The second kappa shape index (κ2) is 3.52. The van der Waals surface area contributed by atoms with E-state index >= 15 is 0 Å². The first-order chi connectivity index (χ1) is 7.08. The van der Waals surface area contributed by atoms with Crippen molar-refractivity contribution in [1.82, 2.24) is 10.2 Å². The van der Waals surface area contributed by atoms with Crippen molar-refractivity contribution in [1.29, 1.82) is 0 Å². The molecule has 6 nitrogen and oxygen atoms in total. The molecular formula is C9H12N2O4. The Balaban J connectivity index is 2.07. The summed E-state index contributed by atoms with van der Waals surface area (Å²) >= 11 is 0. The third-order valence-corrected chi connectivity index (χ3v) is 2.58. The molecule has 82 valence electrons. The van der Waals surface area contributed by atoms with Crippen LogP contribution < -0.4 is 5.32 Å². The Kier molecular flexibility index (Phi) is 2.34. The average Bonchev–Trinajstić information content (AvgIpc) is 2.45. The molecule has 0 aromatic carbocycles. The lowest BCUT2D eigenvalue weighted by molar-refractivity contribution is -0.136. The molecule has 0 saturated carbocycles. The van der Waals surface area contributed by atoms with E-state index in [2.05, 4.69) is 5.32 Å². The first-order valence-electron chi connectivity index (χ1n) is 4.89. The van der Waals surface area contributed by atoms with Gasteiger partial charge in [0.2, 0.25) is 11.8 Å². The first kappa shape index (κ1) is 9.95. The molecule has 2 heterocycles. The number of cyclic esters (lactones) is 1. The van der Waals surface area contributed by atoms with Crippen molar-refractivity contribution in [2.75, 3.05) is 6.54 Å². The van der Waals surface area contributed by atoms with Gasteiger partial charge in [-0.15, -0.1) is 0 Å². The number of imide groups is 1. The van der Waals surface area contributed by atoms with E-state index in [1.165, 1.54) is 4.90 Å². The van der Waals surface area contributed by atoms with Gasteiger partial charge in [0.1, 0.15) is 12.1 Å². The molecule has 1 unspecified atom stereocenters. The highest BCUT2D eigenvalue weighted by molar-refractivity contribution is 6.01. The second-order valence-corrected chi connectivity index (χ2v) is 3.81. The molecule has 0 aromatic rings. The third-order valence-electron chi connectivity index (χ3n) is 2.58. The van der Waals surface area contributed by atoms with Crippen LogP contribution in [0.2, 0.25) is 0 Å². The molecule has 0 aliphatic carbocycles. The minimum absolute atomic E-state index is 0.192. The minimum atomic E-state index is -0.555. The van der Waals surface area contributed by atoms with Crippen molar-refractivity contribution in [2.24, 2.45) is 0 Å². The molecule has 0 radical (unpaired) electrons. The van der Waals surface area contributed by atoms with Crippen LogP contribution in [0.3, 0.4) is 0 Å². The van der Waals surface area contributed by atoms with Crippen LogP contribution in [-0.2, 0) is 14.3 Å². The SMILES string of the molecule is C[C@H]1CN(C2CCC(=O)NC2=O)C(=O)O1. The molecule has 2 atom stereocenters. The van der Waals surface area contributed by atoms with Crippen LogP contribution in [-0.4, -0.2) is 41.5 Å². The van der Waals surface area contributed by atoms with E-state index in [0.29, 0.717) is 13.0 Å². The standard InChI is InChI=1S/C9H12N2O4/c1-5-4-11(9(14)15-5)6-2-3-7(12)10-8(6)13/h5-6H,2-4H2,1H3,(H,10,12,13)/t5-,6?/m0/s1. The third kappa shape index (κ3) is 1.79. The van der Waals surface area contributed by atoms with Gasteiger partial charge in [0.05, 0.1) is 6.54 Å². The number of rotatable bonds is 1. The van der Waals surface area contributed by atoms with Crippen molar-refractivity contribution >= 4 is 17.9 Å². The highest BCUT2D eigenvalue weighted by Crippen LogP contribution is 2.19. The van der Waals surface area contributed by atoms with Crippen LogP contribution >= 0.6 is 0 Å². The molecule has 2 aliphatic heterocycles. The summed E-state index contributed by atoms with van der Waals surface area (Å²) in [5, 5.41) is 2.21. The van der Waals surface area contributed by atoms with Gasteiger partial charge in [0.25, 0.3) is 0 Å². The number of hydrogen-bond acceptors (Lipinski definition) is 4. The largest absolute Gasteiger partial charge is 0.444 e. The number of ether oxygens (including phenoxy) is 1. The van der Waals surface area contributed by atoms with Crippen LogP contribution in [0.15, 0.2) is 0 Å². The van der Waals surface area contributed by atoms with Crippen LogP contribution in [0, 0.1) is 0 Å². The molecule has 0 bridgehead atoms. The normalized spacial score (nSPS) is 31.5. The molecule has 2 aliphatic rings. The van der Waals surface area contributed by atoms with Gasteiger partial charge in [-0.25, -0.2) is 4.79 Å². The number of carbonyl (C=O) groups is 3. The predicted molar refractivity (Wildman–Crippen MR) is 48.8 cm³/mol. The minimum Gasteiger partial charge on any atom is -0.444 e. The van der Waals surface area contributed by atoms with Gasteiger partial charge < -0.3 is 4.74 Å². The van der Waals surface area contributed by atoms with Gasteiger partial charge in [0.15, 0.2) is 0 Å². The van der Waals surface area contributed by atoms with Gasteiger partial charge in [-0.3, -0.25) is 19.8 Å². The molecule has 0 spiro atoms. The maximum atomic E-state index is 11.5. The van der Waals surface area contributed by atoms with E-state index in [9.17, 15) is 14.4 Å². The Morgan fingerprint density at radius 2 is 2.13 bits per heavy atom. The van der Waals surface area contributed by atoms with Gasteiger partial charge >= 0.3 is 6.09 Å². The lowest BCUT2D eigenvalue weighted by Gasteiger charge is -2.27. The van der Waals surface area contributed by atoms with Crippen molar-refractivity contribution < 1.29 is 19.1 Å². The molecule has 2 fully saturated rings. The summed E-state index contributed by atoms with van der Waals surface area (Å²) in [6.45, 7) is 2.18. The van der Waals surface area contributed by atoms with E-state index < -0.39 is 18.0 Å². The van der Waals surface area contributed by atoms with Crippen molar-refractivity contribution in [3.63, 3.8) is 0 Å². The molecule has 15 heavy (non-hydrogen) atoms. The summed E-state index contributed by atoms with van der Waals surface area (Å²) in [6, 6.07) is -0.555. The van der Waals surface area contributed by atoms with Crippen LogP contribution in [0.1, 0.15) is 19.8 Å². The lowest BCUT2D eigenvalue weighted by atomic mass is 10.0. The fraction of sp³-hybridized carbons (Fsp3) is 0.667. The summed E-state index contributed by atoms with van der Waals surface area (Å²) in [5.74, 6) is -0.686. The predicted octanol–water partition coefficient (Wildman–Crippen LogP) is -0.368. The zero-order valence-electron chi connectivity index (χ0n) is 8.36. The summed E-state index contributed by atoms with van der Waals surface area (Å²) in [7, 11) is 0. The highest BCUT2D eigenvalue weighted by atomic mass is 16.6. The quantitative estimate of drug-likeness (QED) is 0.602. The number of amides is 3. The highest BCUT2D eigenvalue weighted by Gasteiger charge is 2.39. The average molecular weight is 212 g/mol. The van der Waals surface area contributed by atoms with Crippen molar-refractivity contribution in [3.8, 4) is 0 Å². The monoisotopic (exact) mass is 212 g/mol. The molecular weight excluding hydrogens is 200 g/mol. The smallest absolute Gasteiger partial charge is 0.410 e. The Labute approximate surface area is 86.6 Å². The Hall–Kier alpha value is -1.59. The topological polar surface area (TPSA) is 75.7 Å². The maximum absolute atomic E-state index is 11.5. The molecule has 3 amide bonds. The van der Waals surface area contributed by atoms with Crippen LogP contribution in [0.4, 0.5) is 4.79 Å². The maximum Gasteiger partial charge on any atom is 0.410 e. The Bertz CT molecular complexity index is 328. The van der Waals surface area contributed by atoms with Crippen LogP contribution in [0.5, 0.6) is 0 Å².